The number of ketones is 1. The zero-order valence-electron chi connectivity index (χ0n) is 20.5. The lowest BCUT2D eigenvalue weighted by atomic mass is 9.95. The van der Waals surface area contributed by atoms with Crippen molar-refractivity contribution < 1.29 is 38.8 Å². The highest BCUT2D eigenvalue weighted by atomic mass is 32.1. The molecule has 10 nitrogen and oxygen atoms in total. The molecule has 1 aromatic heterocycles. The van der Waals surface area contributed by atoms with Crippen molar-refractivity contribution in [2.45, 2.75) is 19.9 Å². The quantitative estimate of drug-likeness (QED) is 0.204. The highest BCUT2D eigenvalue weighted by Gasteiger charge is 2.48. The van der Waals surface area contributed by atoms with Crippen LogP contribution in [0.15, 0.2) is 48.0 Å². The number of ether oxygens (including phenoxy) is 3. The third kappa shape index (κ3) is 4.60. The molecule has 3 aromatic rings. The fraction of sp³-hybridized carbons (Fsp3) is 0.231. The number of aromatic hydroxyl groups is 1. The van der Waals surface area contributed by atoms with E-state index in [-0.39, 0.29) is 39.3 Å². The lowest BCUT2D eigenvalue weighted by Crippen LogP contribution is -2.29. The average molecular weight is 525 g/mol. The van der Waals surface area contributed by atoms with Gasteiger partial charge in [-0.05, 0) is 43.7 Å². The number of nitrogens with zero attached hydrogens (tertiary/aromatic N) is 2. The van der Waals surface area contributed by atoms with E-state index in [2.05, 4.69) is 4.98 Å². The van der Waals surface area contributed by atoms with Crippen LogP contribution in [-0.4, -0.2) is 53.7 Å². The third-order valence-corrected chi connectivity index (χ3v) is 6.89. The van der Waals surface area contributed by atoms with Crippen LogP contribution in [0, 0.1) is 6.92 Å². The number of hydrogen-bond donors (Lipinski definition) is 2. The molecule has 4 rings (SSSR count). The maximum absolute atomic E-state index is 13.4. The molecule has 1 unspecified atom stereocenters. The van der Waals surface area contributed by atoms with Crippen LogP contribution in [0.5, 0.6) is 17.2 Å². The number of benzene rings is 2. The second kappa shape index (κ2) is 10.3. The molecule has 0 aliphatic carbocycles. The van der Waals surface area contributed by atoms with E-state index in [1.807, 2.05) is 0 Å². The summed E-state index contributed by atoms with van der Waals surface area (Å²) in [7, 11) is 2.70. The zero-order valence-corrected chi connectivity index (χ0v) is 21.3. The Morgan fingerprint density at radius 2 is 1.92 bits per heavy atom. The van der Waals surface area contributed by atoms with E-state index >= 15 is 0 Å². The van der Waals surface area contributed by atoms with Crippen LogP contribution in [0.4, 0.5) is 5.13 Å². The minimum Gasteiger partial charge on any atom is -0.507 e. The van der Waals surface area contributed by atoms with Crippen LogP contribution >= 0.6 is 11.3 Å². The summed E-state index contributed by atoms with van der Waals surface area (Å²) in [5.41, 5.74) is 0.758. The van der Waals surface area contributed by atoms with E-state index in [9.17, 15) is 24.6 Å². The SMILES string of the molecule is CCOc1cc(C2/C(=C(\O)c3cccc(OC)c3)C(=O)C(=O)N2c2nc(C)c(C(=O)OC)s2)ccc1O. The van der Waals surface area contributed by atoms with Crippen LogP contribution in [-0.2, 0) is 14.3 Å². The Hall–Kier alpha value is -4.38. The van der Waals surface area contributed by atoms with Gasteiger partial charge in [0.2, 0.25) is 0 Å². The summed E-state index contributed by atoms with van der Waals surface area (Å²) in [5, 5.41) is 21.6. The van der Waals surface area contributed by atoms with Crippen molar-refractivity contribution in [2.75, 3.05) is 25.7 Å². The summed E-state index contributed by atoms with van der Waals surface area (Å²) in [5.74, 6) is -2.48. The van der Waals surface area contributed by atoms with Gasteiger partial charge in [-0.25, -0.2) is 9.78 Å². The molecule has 0 saturated carbocycles. The van der Waals surface area contributed by atoms with Crippen molar-refractivity contribution in [1.82, 2.24) is 4.98 Å². The Kier molecular flexibility index (Phi) is 7.16. The maximum Gasteiger partial charge on any atom is 0.350 e. The van der Waals surface area contributed by atoms with Gasteiger partial charge in [-0.1, -0.05) is 29.5 Å². The predicted octanol–water partition coefficient (Wildman–Crippen LogP) is 3.98. The largest absolute Gasteiger partial charge is 0.507 e. The second-order valence-electron chi connectivity index (χ2n) is 7.96. The molecule has 0 bridgehead atoms. The number of aryl methyl sites for hydroxylation is 1. The number of hydrogen-bond acceptors (Lipinski definition) is 10. The maximum atomic E-state index is 13.4. The smallest absolute Gasteiger partial charge is 0.350 e. The lowest BCUT2D eigenvalue weighted by molar-refractivity contribution is -0.132. The van der Waals surface area contributed by atoms with Crippen molar-refractivity contribution in [3.05, 3.63) is 69.7 Å². The molecule has 192 valence electrons. The number of phenols is 1. The number of aliphatic hydroxyl groups is 1. The number of aliphatic hydroxyl groups excluding tert-OH is 1. The summed E-state index contributed by atoms with van der Waals surface area (Å²) < 4.78 is 15.5. The Labute approximate surface area is 216 Å². The first-order valence-corrected chi connectivity index (χ1v) is 12.0. The highest BCUT2D eigenvalue weighted by Crippen LogP contribution is 2.45. The van der Waals surface area contributed by atoms with Crippen molar-refractivity contribution in [3.8, 4) is 17.2 Å². The highest BCUT2D eigenvalue weighted by molar-refractivity contribution is 7.17. The summed E-state index contributed by atoms with van der Waals surface area (Å²) in [6.07, 6.45) is 0. The van der Waals surface area contributed by atoms with Crippen molar-refractivity contribution in [2.24, 2.45) is 0 Å². The first kappa shape index (κ1) is 25.7. The summed E-state index contributed by atoms with van der Waals surface area (Å²) in [4.78, 5) is 44.6. The summed E-state index contributed by atoms with van der Waals surface area (Å²) in [6.45, 7) is 3.59. The van der Waals surface area contributed by atoms with Crippen molar-refractivity contribution >= 4 is 39.9 Å². The molecule has 0 spiro atoms. The molecule has 0 radical (unpaired) electrons. The fourth-order valence-electron chi connectivity index (χ4n) is 4.01. The van der Waals surface area contributed by atoms with Crippen LogP contribution in [0.2, 0.25) is 0 Å². The number of Topliss-reactive ketones (excluding diaryl/α,β-unsaturated/α-hetero) is 1. The molecule has 1 aliphatic rings. The number of carbonyl (C=O) groups excluding carboxylic acids is 3. The molecule has 1 atom stereocenters. The molecule has 1 amide bonds. The Balaban J connectivity index is 1.96. The average Bonchev–Trinajstić information content (AvgIpc) is 3.41. The molecule has 1 aliphatic heterocycles. The van der Waals surface area contributed by atoms with E-state index in [1.165, 1.54) is 38.5 Å². The van der Waals surface area contributed by atoms with E-state index in [1.54, 1.807) is 32.0 Å². The molecular weight excluding hydrogens is 500 g/mol. The molecule has 2 aromatic carbocycles. The Morgan fingerprint density at radius 3 is 2.59 bits per heavy atom. The lowest BCUT2D eigenvalue weighted by Gasteiger charge is -2.23. The Bertz CT molecular complexity index is 1430. The molecule has 2 N–H and O–H groups in total. The number of anilines is 1. The second-order valence-corrected chi connectivity index (χ2v) is 8.94. The van der Waals surface area contributed by atoms with Crippen molar-refractivity contribution in [1.29, 1.82) is 0 Å². The van der Waals surface area contributed by atoms with Gasteiger partial charge in [-0.15, -0.1) is 0 Å². The van der Waals surface area contributed by atoms with Gasteiger partial charge in [-0.3, -0.25) is 14.5 Å². The molecule has 37 heavy (non-hydrogen) atoms. The third-order valence-electron chi connectivity index (χ3n) is 5.75. The van der Waals surface area contributed by atoms with E-state index in [4.69, 9.17) is 14.2 Å². The first-order valence-electron chi connectivity index (χ1n) is 11.2. The molecule has 2 heterocycles. The van der Waals surface area contributed by atoms with Gasteiger partial charge >= 0.3 is 11.9 Å². The summed E-state index contributed by atoms with van der Waals surface area (Å²) in [6, 6.07) is 9.66. The van der Waals surface area contributed by atoms with Gasteiger partial charge in [0.25, 0.3) is 5.78 Å². The minimum atomic E-state index is -1.14. The zero-order chi connectivity index (χ0) is 26.9. The van der Waals surface area contributed by atoms with Gasteiger partial charge in [0.1, 0.15) is 16.4 Å². The number of rotatable bonds is 7. The van der Waals surface area contributed by atoms with Crippen LogP contribution in [0.1, 0.15) is 39.5 Å². The molecule has 1 saturated heterocycles. The molecule has 1 fully saturated rings. The summed E-state index contributed by atoms with van der Waals surface area (Å²) >= 11 is 0.889. The number of carbonyl (C=O) groups is 3. The van der Waals surface area contributed by atoms with Crippen LogP contribution < -0.4 is 14.4 Å². The molecule has 11 heteroatoms. The number of methoxy groups -OCH3 is 2. The predicted molar refractivity (Wildman–Crippen MR) is 135 cm³/mol. The normalized spacial score (nSPS) is 16.6. The van der Waals surface area contributed by atoms with E-state index in [0.717, 1.165) is 16.2 Å². The van der Waals surface area contributed by atoms with Gasteiger partial charge in [-0.2, -0.15) is 0 Å². The fourth-order valence-corrected chi connectivity index (χ4v) is 5.02. The topological polar surface area (TPSA) is 135 Å². The number of amides is 1. The number of aromatic nitrogens is 1. The van der Waals surface area contributed by atoms with E-state index < -0.39 is 29.5 Å². The number of esters is 1. The standard InChI is InChI=1S/C26H24N2O8S/c1-5-36-18-12-14(9-10-17(18)29)20-19(21(30)15-7-6-8-16(11-15)34-3)22(31)24(32)28(20)26-27-13(2)23(37-26)25(33)35-4/h6-12,20,29-30H,5H2,1-4H3/b21-19+. The van der Waals surface area contributed by atoms with Crippen LogP contribution in [0.3, 0.4) is 0 Å². The number of phenolic OH excluding ortho intramolecular Hbond substituents is 1. The van der Waals surface area contributed by atoms with Crippen molar-refractivity contribution in [3.63, 3.8) is 0 Å². The van der Waals surface area contributed by atoms with Crippen LogP contribution in [0.25, 0.3) is 5.76 Å². The van der Waals surface area contributed by atoms with Gasteiger partial charge in [0.05, 0.1) is 38.1 Å². The van der Waals surface area contributed by atoms with E-state index in [0.29, 0.717) is 17.0 Å². The first-order chi connectivity index (χ1) is 17.7. The Morgan fingerprint density at radius 1 is 1.16 bits per heavy atom. The van der Waals surface area contributed by atoms with Gasteiger partial charge in [0, 0.05) is 5.56 Å². The minimum absolute atomic E-state index is 0.0701. The van der Waals surface area contributed by atoms with Gasteiger partial charge < -0.3 is 24.4 Å². The monoisotopic (exact) mass is 524 g/mol. The number of thiazole rings is 1. The molecular formula is C26H24N2O8S. The van der Waals surface area contributed by atoms with Gasteiger partial charge in [0.15, 0.2) is 16.6 Å².